The van der Waals surface area contributed by atoms with Crippen molar-refractivity contribution in [3.05, 3.63) is 73.9 Å². The van der Waals surface area contributed by atoms with Crippen molar-refractivity contribution in [1.82, 2.24) is 10.2 Å². The first-order valence-corrected chi connectivity index (χ1v) is 10.5. The summed E-state index contributed by atoms with van der Waals surface area (Å²) in [7, 11) is 1.55. The van der Waals surface area contributed by atoms with E-state index in [2.05, 4.69) is 50.4 Å². The molecule has 0 saturated carbocycles. The molecule has 0 spiro atoms. The van der Waals surface area contributed by atoms with Gasteiger partial charge >= 0.3 is 6.03 Å². The van der Waals surface area contributed by atoms with Crippen molar-refractivity contribution in [2.75, 3.05) is 13.7 Å². The molecule has 6 nitrogen and oxygen atoms in total. The van der Waals surface area contributed by atoms with Gasteiger partial charge in [0.25, 0.3) is 5.91 Å². The fraction of sp³-hybridized carbons (Fsp3) is 0.143. The van der Waals surface area contributed by atoms with E-state index in [4.69, 9.17) is 9.47 Å². The maximum Gasteiger partial charge on any atom is 0.329 e. The molecular weight excluding hydrogens is 551 g/mol. The van der Waals surface area contributed by atoms with Gasteiger partial charge in [0.1, 0.15) is 12.3 Å². The molecule has 3 amide bonds. The minimum atomic E-state index is -0.447. The molecule has 0 atom stereocenters. The minimum Gasteiger partial charge on any atom is -0.493 e. The molecule has 1 aliphatic rings. The first-order chi connectivity index (χ1) is 13.9. The summed E-state index contributed by atoms with van der Waals surface area (Å²) in [6, 6.07) is 10.6. The van der Waals surface area contributed by atoms with E-state index in [1.54, 1.807) is 25.3 Å². The van der Waals surface area contributed by atoms with Crippen molar-refractivity contribution >= 4 is 56.5 Å². The van der Waals surface area contributed by atoms with Gasteiger partial charge in [0.15, 0.2) is 11.5 Å². The predicted octanol–water partition coefficient (Wildman–Crippen LogP) is 4.72. The SMILES string of the molecule is C=CCOc1c(I)cc(/C=C2\NC(=O)N(Cc3ccc(Br)cc3)C2=O)cc1OC. The van der Waals surface area contributed by atoms with E-state index >= 15 is 0 Å². The zero-order valence-corrected chi connectivity index (χ0v) is 19.3. The molecule has 0 unspecified atom stereocenters. The maximum absolute atomic E-state index is 12.7. The highest BCUT2D eigenvalue weighted by atomic mass is 127. The Morgan fingerprint density at radius 1 is 1.24 bits per heavy atom. The van der Waals surface area contributed by atoms with Gasteiger partial charge < -0.3 is 14.8 Å². The Morgan fingerprint density at radius 2 is 1.97 bits per heavy atom. The summed E-state index contributed by atoms with van der Waals surface area (Å²) < 4.78 is 12.8. The van der Waals surface area contributed by atoms with E-state index < -0.39 is 6.03 Å². The summed E-state index contributed by atoms with van der Waals surface area (Å²) in [6.45, 7) is 4.19. The number of rotatable bonds is 7. The van der Waals surface area contributed by atoms with Crippen molar-refractivity contribution in [2.45, 2.75) is 6.54 Å². The molecule has 29 heavy (non-hydrogen) atoms. The van der Waals surface area contributed by atoms with E-state index in [1.165, 1.54) is 4.90 Å². The molecule has 1 aliphatic heterocycles. The number of imide groups is 1. The normalized spacial score (nSPS) is 14.9. The molecule has 2 aromatic rings. The van der Waals surface area contributed by atoms with Crippen molar-refractivity contribution in [1.29, 1.82) is 0 Å². The minimum absolute atomic E-state index is 0.199. The number of amides is 3. The van der Waals surface area contributed by atoms with Gasteiger partial charge in [0, 0.05) is 4.47 Å². The number of ether oxygens (including phenoxy) is 2. The average Bonchev–Trinajstić information content (AvgIpc) is 2.95. The van der Waals surface area contributed by atoms with Crippen molar-refractivity contribution in [3.63, 3.8) is 0 Å². The third kappa shape index (κ3) is 4.99. The van der Waals surface area contributed by atoms with Gasteiger partial charge in [-0.15, -0.1) is 0 Å². The lowest BCUT2D eigenvalue weighted by Crippen LogP contribution is -2.30. The molecule has 1 N–H and O–H groups in total. The zero-order chi connectivity index (χ0) is 21.0. The topological polar surface area (TPSA) is 67.9 Å². The molecule has 150 valence electrons. The van der Waals surface area contributed by atoms with Gasteiger partial charge in [0.2, 0.25) is 0 Å². The number of hydrogen-bond donors (Lipinski definition) is 1. The third-order valence-electron chi connectivity index (χ3n) is 4.12. The van der Waals surface area contributed by atoms with Crippen LogP contribution in [0.5, 0.6) is 11.5 Å². The second-order valence-corrected chi connectivity index (χ2v) is 8.22. The van der Waals surface area contributed by atoms with E-state index in [0.29, 0.717) is 23.7 Å². The van der Waals surface area contributed by atoms with Gasteiger partial charge in [-0.1, -0.05) is 40.7 Å². The summed E-state index contributed by atoms with van der Waals surface area (Å²) in [6.07, 6.45) is 3.28. The van der Waals surface area contributed by atoms with Crippen LogP contribution in [0.25, 0.3) is 6.08 Å². The van der Waals surface area contributed by atoms with Gasteiger partial charge in [-0.3, -0.25) is 9.69 Å². The summed E-state index contributed by atoms with van der Waals surface area (Å²) in [5.41, 5.74) is 1.79. The Labute approximate surface area is 190 Å². The Morgan fingerprint density at radius 3 is 2.62 bits per heavy atom. The number of urea groups is 1. The van der Waals surface area contributed by atoms with Crippen LogP contribution in [0.15, 0.2) is 59.2 Å². The lowest BCUT2D eigenvalue weighted by molar-refractivity contribution is -0.123. The number of carbonyl (C=O) groups excluding carboxylic acids is 2. The monoisotopic (exact) mass is 568 g/mol. The summed E-state index contributed by atoms with van der Waals surface area (Å²) >= 11 is 5.51. The molecule has 0 bridgehead atoms. The number of nitrogens with zero attached hydrogens (tertiary/aromatic N) is 1. The molecule has 2 aromatic carbocycles. The highest BCUT2D eigenvalue weighted by molar-refractivity contribution is 14.1. The molecule has 0 aliphatic carbocycles. The Hall–Kier alpha value is -2.33. The van der Waals surface area contributed by atoms with Gasteiger partial charge in [-0.05, 0) is 64.1 Å². The molecule has 1 fully saturated rings. The Kier molecular flexibility index (Phi) is 6.96. The highest BCUT2D eigenvalue weighted by Crippen LogP contribution is 2.35. The number of hydrogen-bond acceptors (Lipinski definition) is 4. The van der Waals surface area contributed by atoms with Crippen LogP contribution in [0, 0.1) is 3.57 Å². The van der Waals surface area contributed by atoms with E-state index in [-0.39, 0.29) is 18.1 Å². The smallest absolute Gasteiger partial charge is 0.329 e. The van der Waals surface area contributed by atoms with Gasteiger partial charge in [0.05, 0.1) is 17.2 Å². The van der Waals surface area contributed by atoms with Crippen LogP contribution in [-0.4, -0.2) is 30.6 Å². The first kappa shape index (κ1) is 21.4. The van der Waals surface area contributed by atoms with Crippen LogP contribution in [0.3, 0.4) is 0 Å². The van der Waals surface area contributed by atoms with Crippen molar-refractivity contribution in [3.8, 4) is 11.5 Å². The molecule has 1 heterocycles. The highest BCUT2D eigenvalue weighted by Gasteiger charge is 2.33. The summed E-state index contributed by atoms with van der Waals surface area (Å²) in [4.78, 5) is 26.2. The number of carbonyl (C=O) groups is 2. The lowest BCUT2D eigenvalue weighted by atomic mass is 10.1. The zero-order valence-electron chi connectivity index (χ0n) is 15.6. The van der Waals surface area contributed by atoms with E-state index in [9.17, 15) is 9.59 Å². The van der Waals surface area contributed by atoms with Crippen LogP contribution in [0.4, 0.5) is 4.79 Å². The van der Waals surface area contributed by atoms with Crippen LogP contribution >= 0.6 is 38.5 Å². The fourth-order valence-corrected chi connectivity index (χ4v) is 3.81. The van der Waals surface area contributed by atoms with E-state index in [0.717, 1.165) is 13.6 Å². The molecule has 0 radical (unpaired) electrons. The maximum atomic E-state index is 12.7. The number of halogens is 2. The number of benzene rings is 2. The standard InChI is InChI=1S/C21H18BrIN2O4/c1-3-8-29-19-16(23)9-14(11-18(19)28-2)10-17-20(26)25(21(27)24-17)12-13-4-6-15(22)7-5-13/h3-7,9-11H,1,8,12H2,2H3,(H,24,27)/b17-10-. The van der Waals surface area contributed by atoms with Crippen LogP contribution < -0.4 is 14.8 Å². The third-order valence-corrected chi connectivity index (χ3v) is 5.45. The molecule has 8 heteroatoms. The van der Waals surface area contributed by atoms with Crippen LogP contribution in [-0.2, 0) is 11.3 Å². The first-order valence-electron chi connectivity index (χ1n) is 8.63. The number of nitrogens with one attached hydrogen (secondary N) is 1. The summed E-state index contributed by atoms with van der Waals surface area (Å²) in [5, 5.41) is 2.64. The van der Waals surface area contributed by atoms with Crippen LogP contribution in [0.1, 0.15) is 11.1 Å². The molecule has 3 rings (SSSR count). The van der Waals surface area contributed by atoms with Gasteiger partial charge in [-0.2, -0.15) is 0 Å². The summed E-state index contributed by atoms with van der Waals surface area (Å²) in [5.74, 6) is 0.766. The average molecular weight is 569 g/mol. The Bertz CT molecular complexity index is 989. The molecule has 1 saturated heterocycles. The Balaban J connectivity index is 1.84. The second kappa shape index (κ2) is 9.45. The van der Waals surface area contributed by atoms with Crippen molar-refractivity contribution < 1.29 is 19.1 Å². The largest absolute Gasteiger partial charge is 0.493 e. The van der Waals surface area contributed by atoms with E-state index in [1.807, 2.05) is 30.3 Å². The number of methoxy groups -OCH3 is 1. The van der Waals surface area contributed by atoms with Crippen molar-refractivity contribution in [2.24, 2.45) is 0 Å². The second-order valence-electron chi connectivity index (χ2n) is 6.14. The lowest BCUT2D eigenvalue weighted by Gasteiger charge is -2.13. The quantitative estimate of drug-likeness (QED) is 0.227. The van der Waals surface area contributed by atoms with Gasteiger partial charge in [-0.25, -0.2) is 4.79 Å². The van der Waals surface area contributed by atoms with Crippen LogP contribution in [0.2, 0.25) is 0 Å². The molecular formula is C21H18BrIN2O4. The fourth-order valence-electron chi connectivity index (χ4n) is 2.76. The predicted molar refractivity (Wildman–Crippen MR) is 123 cm³/mol. The molecule has 0 aromatic heterocycles.